The van der Waals surface area contributed by atoms with Gasteiger partial charge in [-0.3, -0.25) is 9.98 Å². The minimum absolute atomic E-state index is 0.160. The number of hydrogen-bond acceptors (Lipinski definition) is 3. The van der Waals surface area contributed by atoms with Gasteiger partial charge in [-0.2, -0.15) is 5.26 Å². The summed E-state index contributed by atoms with van der Waals surface area (Å²) in [5, 5.41) is 10.1. The molecule has 0 atom stereocenters. The van der Waals surface area contributed by atoms with Gasteiger partial charge in [-0.05, 0) is 85.3 Å². The van der Waals surface area contributed by atoms with Gasteiger partial charge in [-0.1, -0.05) is 52.0 Å². The lowest BCUT2D eigenvalue weighted by Crippen LogP contribution is -2.08. The van der Waals surface area contributed by atoms with Crippen molar-refractivity contribution in [3.05, 3.63) is 112 Å². The van der Waals surface area contributed by atoms with Gasteiger partial charge >= 0.3 is 0 Å². The van der Waals surface area contributed by atoms with Crippen molar-refractivity contribution in [1.29, 1.82) is 5.26 Å². The van der Waals surface area contributed by atoms with E-state index in [0.29, 0.717) is 5.56 Å². The van der Waals surface area contributed by atoms with Crippen molar-refractivity contribution in [2.45, 2.75) is 54.4 Å². The number of hydrogen-bond donors (Lipinski definition) is 0. The summed E-state index contributed by atoms with van der Waals surface area (Å²) >= 11 is 0. The summed E-state index contributed by atoms with van der Waals surface area (Å²) < 4.78 is 12.2. The van der Waals surface area contributed by atoms with E-state index in [-0.39, 0.29) is 5.82 Å². The molecule has 0 aliphatic rings. The van der Waals surface area contributed by atoms with Crippen LogP contribution in [0.2, 0.25) is 0 Å². The summed E-state index contributed by atoms with van der Waals surface area (Å²) in [5.41, 5.74) is 9.58. The molecule has 0 spiro atoms. The van der Waals surface area contributed by atoms with Gasteiger partial charge < -0.3 is 0 Å². The third kappa shape index (κ3) is 6.86. The van der Waals surface area contributed by atoms with E-state index in [1.165, 1.54) is 28.8 Å². The summed E-state index contributed by atoms with van der Waals surface area (Å²) in [6.07, 6.45) is 3.89. The number of fused-ring (bicyclic) bond motifs is 1. The van der Waals surface area contributed by atoms with E-state index in [1.54, 1.807) is 12.1 Å². The number of benzene rings is 3. The molecule has 4 rings (SSSR count). The van der Waals surface area contributed by atoms with Crippen LogP contribution in [0.25, 0.3) is 10.9 Å². The zero-order valence-corrected chi connectivity index (χ0v) is 22.5. The first-order valence-electron chi connectivity index (χ1n) is 12.5. The Balaban J connectivity index is 0.000000347. The molecule has 1 heterocycles. The van der Waals surface area contributed by atoms with Crippen LogP contribution in [0.5, 0.6) is 0 Å². The first-order valence-corrected chi connectivity index (χ1v) is 12.5. The molecule has 3 aromatic carbocycles. The van der Waals surface area contributed by atoms with Crippen molar-refractivity contribution in [3.8, 4) is 6.07 Å². The Morgan fingerprint density at radius 2 is 1.56 bits per heavy atom. The summed E-state index contributed by atoms with van der Waals surface area (Å²) in [7, 11) is 1.81. The Kier molecular flexibility index (Phi) is 11.0. The van der Waals surface area contributed by atoms with Crippen LogP contribution in [0.3, 0.4) is 0 Å². The van der Waals surface area contributed by atoms with Gasteiger partial charge in [0, 0.05) is 29.8 Å². The number of nitriles is 1. The molecule has 0 radical (unpaired) electrons. The van der Waals surface area contributed by atoms with Crippen molar-refractivity contribution >= 4 is 16.6 Å². The standard InChI is InChI=1S/C22H21N3.C8H9F.C2H6/c1-5-17-11-20-19(10-14(17)2)21(15(3)13-25-20)22(24-4)18-8-6-16(12-23)7-9-18;1-2-7-3-5-8(9)6-4-7;1-2/h6-11,13H,5H2,1-4H3;3-6H,2H2,1H3;1-2H3. The molecule has 0 aliphatic heterocycles. The molecule has 1 aromatic heterocycles. The number of aryl methyl sites for hydroxylation is 4. The quantitative estimate of drug-likeness (QED) is 0.276. The average molecular weight is 482 g/mol. The number of pyridine rings is 1. The number of aliphatic imine (C=N–C) groups is 1. The molecule has 0 saturated carbocycles. The fourth-order valence-corrected chi connectivity index (χ4v) is 3.99. The summed E-state index contributed by atoms with van der Waals surface area (Å²) in [5.74, 6) is -0.160. The highest BCUT2D eigenvalue weighted by Gasteiger charge is 2.15. The van der Waals surface area contributed by atoms with Crippen LogP contribution < -0.4 is 0 Å². The van der Waals surface area contributed by atoms with Gasteiger partial charge in [0.2, 0.25) is 0 Å². The third-order valence-corrected chi connectivity index (χ3v) is 5.97. The van der Waals surface area contributed by atoms with Gasteiger partial charge in [-0.25, -0.2) is 4.39 Å². The molecular formula is C32H36FN3. The van der Waals surface area contributed by atoms with Crippen LogP contribution in [-0.2, 0) is 12.8 Å². The van der Waals surface area contributed by atoms with Crippen LogP contribution in [-0.4, -0.2) is 17.7 Å². The van der Waals surface area contributed by atoms with Gasteiger partial charge in [0.1, 0.15) is 5.82 Å². The number of rotatable bonds is 4. The van der Waals surface area contributed by atoms with E-state index in [1.807, 2.05) is 58.3 Å². The Labute approximate surface area is 215 Å². The predicted molar refractivity (Wildman–Crippen MR) is 150 cm³/mol. The van der Waals surface area contributed by atoms with Crippen molar-refractivity contribution in [2.75, 3.05) is 7.05 Å². The summed E-state index contributed by atoms with van der Waals surface area (Å²) in [6.45, 7) is 12.4. The molecule has 0 unspecified atom stereocenters. The highest BCUT2D eigenvalue weighted by atomic mass is 19.1. The first-order chi connectivity index (χ1) is 17.4. The Bertz CT molecular complexity index is 1350. The molecule has 0 bridgehead atoms. The van der Waals surface area contributed by atoms with E-state index in [4.69, 9.17) is 5.26 Å². The number of nitrogens with zero attached hydrogens (tertiary/aromatic N) is 3. The minimum atomic E-state index is -0.160. The van der Waals surface area contributed by atoms with Gasteiger partial charge in [0.15, 0.2) is 0 Å². The van der Waals surface area contributed by atoms with Crippen molar-refractivity contribution in [1.82, 2.24) is 4.98 Å². The third-order valence-electron chi connectivity index (χ3n) is 5.97. The lowest BCUT2D eigenvalue weighted by Gasteiger charge is -2.15. The second-order valence-corrected chi connectivity index (χ2v) is 8.21. The maximum absolute atomic E-state index is 12.2. The van der Waals surface area contributed by atoms with Crippen LogP contribution >= 0.6 is 0 Å². The molecule has 0 N–H and O–H groups in total. The van der Waals surface area contributed by atoms with Gasteiger partial charge in [0.05, 0.1) is 22.9 Å². The van der Waals surface area contributed by atoms with Gasteiger partial charge in [-0.15, -0.1) is 0 Å². The van der Waals surface area contributed by atoms with Crippen molar-refractivity contribution in [3.63, 3.8) is 0 Å². The zero-order valence-electron chi connectivity index (χ0n) is 22.5. The fraction of sp³-hybridized carbons (Fsp3) is 0.281. The lowest BCUT2D eigenvalue weighted by atomic mass is 9.92. The molecule has 186 valence electrons. The second kappa shape index (κ2) is 13.9. The molecule has 0 saturated heterocycles. The fourth-order valence-electron chi connectivity index (χ4n) is 3.99. The van der Waals surface area contributed by atoms with E-state index in [0.717, 1.165) is 46.1 Å². The van der Waals surface area contributed by atoms with Crippen LogP contribution in [0.4, 0.5) is 4.39 Å². The van der Waals surface area contributed by atoms with Crippen LogP contribution in [0.15, 0.2) is 71.9 Å². The van der Waals surface area contributed by atoms with E-state index >= 15 is 0 Å². The highest BCUT2D eigenvalue weighted by Crippen LogP contribution is 2.27. The Morgan fingerprint density at radius 3 is 2.08 bits per heavy atom. The molecule has 0 aliphatic carbocycles. The van der Waals surface area contributed by atoms with Crippen LogP contribution in [0, 0.1) is 31.0 Å². The van der Waals surface area contributed by atoms with E-state index < -0.39 is 0 Å². The largest absolute Gasteiger partial charge is 0.287 e. The highest BCUT2D eigenvalue weighted by molar-refractivity contribution is 6.20. The normalized spacial score (nSPS) is 10.6. The molecule has 3 nitrogen and oxygen atoms in total. The lowest BCUT2D eigenvalue weighted by molar-refractivity contribution is 0.627. The summed E-state index contributed by atoms with van der Waals surface area (Å²) in [6, 6.07) is 20.7. The maximum Gasteiger partial charge on any atom is 0.123 e. The predicted octanol–water partition coefficient (Wildman–Crippen LogP) is 8.17. The van der Waals surface area contributed by atoms with Crippen molar-refractivity contribution in [2.24, 2.45) is 4.99 Å². The van der Waals surface area contributed by atoms with Crippen LogP contribution in [0.1, 0.15) is 66.6 Å². The topological polar surface area (TPSA) is 49.0 Å². The Hall–Kier alpha value is -3.84. The first kappa shape index (κ1) is 28.4. The number of halogens is 1. The Morgan fingerprint density at radius 1 is 0.917 bits per heavy atom. The smallest absolute Gasteiger partial charge is 0.123 e. The molecule has 0 amide bonds. The van der Waals surface area contributed by atoms with E-state index in [9.17, 15) is 4.39 Å². The monoisotopic (exact) mass is 481 g/mol. The minimum Gasteiger partial charge on any atom is -0.287 e. The molecule has 4 heteroatoms. The van der Waals surface area contributed by atoms with Gasteiger partial charge in [0.25, 0.3) is 0 Å². The number of aromatic nitrogens is 1. The summed E-state index contributed by atoms with van der Waals surface area (Å²) in [4.78, 5) is 9.20. The zero-order chi connectivity index (χ0) is 26.7. The molecular weight excluding hydrogens is 445 g/mol. The maximum atomic E-state index is 12.2. The van der Waals surface area contributed by atoms with E-state index in [2.05, 4.69) is 48.9 Å². The second-order valence-electron chi connectivity index (χ2n) is 8.21. The molecule has 4 aromatic rings. The van der Waals surface area contributed by atoms with Crippen molar-refractivity contribution < 1.29 is 4.39 Å². The molecule has 0 fully saturated rings. The average Bonchev–Trinajstić information content (AvgIpc) is 2.92. The SMILES string of the molecule is CC.CCc1cc2ncc(C)c(C(=NC)c3ccc(C#N)cc3)c2cc1C.CCc1ccc(F)cc1. The molecule has 36 heavy (non-hydrogen) atoms.